The number of carbonyl (C=O) groups is 3. The predicted octanol–water partition coefficient (Wildman–Crippen LogP) is -0.553. The van der Waals surface area contributed by atoms with Crippen molar-refractivity contribution >= 4 is 23.7 Å². The number of aromatic carboxylic acids is 1. The molecular weight excluding hydrogens is 398 g/mol. The van der Waals surface area contributed by atoms with Crippen LogP contribution in [-0.4, -0.2) is 86.5 Å². The van der Waals surface area contributed by atoms with Crippen molar-refractivity contribution in [2.45, 2.75) is 30.8 Å². The zero-order valence-electron chi connectivity index (χ0n) is 14.7. The summed E-state index contributed by atoms with van der Waals surface area (Å²) in [6.07, 6.45) is -5.05. The monoisotopic (exact) mass is 414 g/mol. The van der Waals surface area contributed by atoms with Crippen LogP contribution in [0.4, 0.5) is 13.6 Å². The Morgan fingerprint density at radius 3 is 2.62 bits per heavy atom. The van der Waals surface area contributed by atoms with Crippen molar-refractivity contribution in [3.63, 3.8) is 0 Å². The number of aliphatic hydroxyl groups excluding tert-OH is 2. The van der Waals surface area contributed by atoms with Gasteiger partial charge in [0, 0.05) is 19.2 Å². The number of nitrogens with zero attached hydrogens (tertiary/aromatic N) is 3. The van der Waals surface area contributed by atoms with Gasteiger partial charge in [0.1, 0.15) is 17.6 Å². The van der Waals surface area contributed by atoms with E-state index in [4.69, 9.17) is 14.9 Å². The lowest BCUT2D eigenvalue weighted by Crippen LogP contribution is -2.53. The van der Waals surface area contributed by atoms with Crippen molar-refractivity contribution in [2.24, 2.45) is 4.99 Å². The number of urea groups is 1. The zero-order valence-corrected chi connectivity index (χ0v) is 14.7. The Morgan fingerprint density at radius 2 is 2.10 bits per heavy atom. The van der Waals surface area contributed by atoms with E-state index in [1.807, 2.05) is 0 Å². The minimum absolute atomic E-state index is 0.0964. The number of aromatic nitrogens is 1. The molecule has 0 aromatic carbocycles. The zero-order chi connectivity index (χ0) is 21.3. The van der Waals surface area contributed by atoms with E-state index in [2.05, 4.69) is 15.3 Å². The average molecular weight is 414 g/mol. The van der Waals surface area contributed by atoms with Crippen molar-refractivity contribution < 1.29 is 43.2 Å². The Labute approximate surface area is 161 Å². The highest BCUT2D eigenvalue weighted by molar-refractivity contribution is 6.09. The van der Waals surface area contributed by atoms with E-state index in [1.54, 1.807) is 0 Å². The number of hydrogen-bond donors (Lipinski definition) is 4. The highest BCUT2D eigenvalue weighted by atomic mass is 19.3. The highest BCUT2D eigenvalue weighted by Crippen LogP contribution is 2.38. The van der Waals surface area contributed by atoms with Crippen LogP contribution >= 0.6 is 0 Å². The Morgan fingerprint density at radius 1 is 1.38 bits per heavy atom. The fraction of sp³-hybridized carbons (Fsp3) is 0.438. The maximum absolute atomic E-state index is 14.2. The van der Waals surface area contributed by atoms with E-state index in [9.17, 15) is 28.3 Å². The van der Waals surface area contributed by atoms with Crippen LogP contribution in [0.5, 0.6) is 0 Å². The topological polar surface area (TPSA) is 162 Å². The number of carbonyl (C=O) groups excluding carboxylic acids is 2. The number of amides is 3. The summed E-state index contributed by atoms with van der Waals surface area (Å²) in [4.78, 5) is 42.9. The largest absolute Gasteiger partial charge is 0.478 e. The van der Waals surface area contributed by atoms with E-state index in [0.29, 0.717) is 4.90 Å². The molecule has 0 bridgehead atoms. The molecule has 2 aliphatic heterocycles. The van der Waals surface area contributed by atoms with E-state index in [0.717, 1.165) is 6.20 Å². The summed E-state index contributed by atoms with van der Waals surface area (Å²) in [6, 6.07) is 1.22. The standard InChI is InChI=1S/C16H16F2N4O7/c17-16(18)11(24)9(6-23)29-14(16)22-4-3-10(21-15(22)28)20-12(25)8-2-1-7(5-19-8)13(26)27/h1-2,5,9,11,14,23-24H,3-4,6H2,(H,26,27)(H,20,21,25,28)/t9-,11-,14-/m1/s1. The molecule has 11 nitrogen and oxygen atoms in total. The first kappa shape index (κ1) is 20.7. The lowest BCUT2D eigenvalue weighted by atomic mass is 10.1. The number of aliphatic imine (C=N–C) groups is 1. The van der Waals surface area contributed by atoms with Gasteiger partial charge in [0.15, 0.2) is 6.10 Å². The van der Waals surface area contributed by atoms with Gasteiger partial charge in [-0.1, -0.05) is 0 Å². The lowest BCUT2D eigenvalue weighted by Gasteiger charge is -2.32. The molecule has 1 fully saturated rings. The quantitative estimate of drug-likeness (QED) is 0.510. The van der Waals surface area contributed by atoms with Crippen LogP contribution in [0.15, 0.2) is 23.3 Å². The van der Waals surface area contributed by atoms with Gasteiger partial charge in [0.2, 0.25) is 6.23 Å². The summed E-state index contributed by atoms with van der Waals surface area (Å²) < 4.78 is 33.2. The molecule has 1 saturated heterocycles. The second kappa shape index (κ2) is 7.77. The third-order valence-corrected chi connectivity index (χ3v) is 4.41. The second-order valence-corrected chi connectivity index (χ2v) is 6.30. The molecule has 2 aliphatic rings. The van der Waals surface area contributed by atoms with Gasteiger partial charge in [-0.2, -0.15) is 13.8 Å². The van der Waals surface area contributed by atoms with E-state index in [1.165, 1.54) is 12.1 Å². The molecule has 3 rings (SSSR count). The third-order valence-electron chi connectivity index (χ3n) is 4.41. The Kier molecular flexibility index (Phi) is 5.55. The molecule has 1 aromatic rings. The van der Waals surface area contributed by atoms with Gasteiger partial charge < -0.3 is 25.4 Å². The molecule has 3 amide bonds. The van der Waals surface area contributed by atoms with E-state index in [-0.39, 0.29) is 30.1 Å². The second-order valence-electron chi connectivity index (χ2n) is 6.30. The number of rotatable bonds is 4. The molecule has 0 aliphatic carbocycles. The maximum Gasteiger partial charge on any atom is 0.347 e. The summed E-state index contributed by atoms with van der Waals surface area (Å²) in [5, 5.41) is 29.7. The van der Waals surface area contributed by atoms with Crippen LogP contribution in [0.3, 0.4) is 0 Å². The molecule has 13 heteroatoms. The Bertz CT molecular complexity index is 861. The average Bonchev–Trinajstić information content (AvgIpc) is 2.91. The van der Waals surface area contributed by atoms with Crippen LogP contribution in [0.25, 0.3) is 0 Å². The van der Waals surface area contributed by atoms with Gasteiger partial charge in [-0.3, -0.25) is 14.7 Å². The summed E-state index contributed by atoms with van der Waals surface area (Å²) >= 11 is 0. The SMILES string of the molecule is O=C(O)c1ccc(C(=O)NC2=NC(=O)N([C@@H]3O[C@H](CO)[C@@H](O)C3(F)F)CC2)nc1. The van der Waals surface area contributed by atoms with Crippen LogP contribution in [0.2, 0.25) is 0 Å². The number of carboxylic acids is 1. The van der Waals surface area contributed by atoms with Crippen molar-refractivity contribution in [2.75, 3.05) is 13.2 Å². The molecule has 1 aromatic heterocycles. The number of alkyl halides is 2. The molecular formula is C16H16F2N4O7. The number of nitrogens with one attached hydrogen (secondary N) is 1. The minimum atomic E-state index is -3.81. The molecule has 0 spiro atoms. The normalized spacial score (nSPS) is 26.2. The number of carboxylic acid groups (broad SMARTS) is 1. The van der Waals surface area contributed by atoms with E-state index >= 15 is 0 Å². The van der Waals surface area contributed by atoms with Crippen molar-refractivity contribution in [1.82, 2.24) is 15.2 Å². The number of halogens is 2. The van der Waals surface area contributed by atoms with Crippen molar-refractivity contribution in [1.29, 1.82) is 0 Å². The van der Waals surface area contributed by atoms with Gasteiger partial charge in [-0.15, -0.1) is 0 Å². The molecule has 4 N–H and O–H groups in total. The molecule has 156 valence electrons. The first-order chi connectivity index (χ1) is 13.6. The molecule has 29 heavy (non-hydrogen) atoms. The first-order valence-electron chi connectivity index (χ1n) is 8.36. The van der Waals surface area contributed by atoms with Crippen molar-refractivity contribution in [3.05, 3.63) is 29.6 Å². The highest BCUT2D eigenvalue weighted by Gasteiger charge is 2.61. The van der Waals surface area contributed by atoms with Crippen LogP contribution in [-0.2, 0) is 4.74 Å². The number of ether oxygens (including phenoxy) is 1. The fourth-order valence-electron chi connectivity index (χ4n) is 2.86. The van der Waals surface area contributed by atoms with Gasteiger partial charge in [-0.05, 0) is 12.1 Å². The lowest BCUT2D eigenvalue weighted by molar-refractivity contribution is -0.153. The van der Waals surface area contributed by atoms with Gasteiger partial charge in [0.25, 0.3) is 5.91 Å². The first-order valence-corrected chi connectivity index (χ1v) is 8.36. The summed E-state index contributed by atoms with van der Waals surface area (Å²) in [7, 11) is 0. The van der Waals surface area contributed by atoms with Gasteiger partial charge in [-0.25, -0.2) is 9.59 Å². The summed E-state index contributed by atoms with van der Waals surface area (Å²) in [6.45, 7) is -1.14. The Balaban J connectivity index is 1.68. The number of amidine groups is 1. The molecule has 3 heterocycles. The van der Waals surface area contributed by atoms with Gasteiger partial charge in [0.05, 0.1) is 12.2 Å². The molecule has 3 atom stereocenters. The molecule has 0 radical (unpaired) electrons. The fourth-order valence-corrected chi connectivity index (χ4v) is 2.86. The van der Waals surface area contributed by atoms with E-state index < -0.39 is 48.9 Å². The third kappa shape index (κ3) is 3.92. The smallest absolute Gasteiger partial charge is 0.347 e. The minimum Gasteiger partial charge on any atom is -0.478 e. The molecule has 0 unspecified atom stereocenters. The molecule has 0 saturated carbocycles. The van der Waals surface area contributed by atoms with Crippen LogP contribution in [0, 0.1) is 0 Å². The van der Waals surface area contributed by atoms with Crippen LogP contribution < -0.4 is 5.32 Å². The predicted molar refractivity (Wildman–Crippen MR) is 89.5 cm³/mol. The van der Waals surface area contributed by atoms with Gasteiger partial charge >= 0.3 is 17.9 Å². The number of aliphatic hydroxyl groups is 2. The summed E-state index contributed by atoms with van der Waals surface area (Å²) in [5.41, 5.74) is -0.254. The number of pyridine rings is 1. The Hall–Kier alpha value is -3.03. The summed E-state index contributed by atoms with van der Waals surface area (Å²) in [5.74, 6) is -5.89. The maximum atomic E-state index is 14.2. The van der Waals surface area contributed by atoms with Crippen molar-refractivity contribution in [3.8, 4) is 0 Å². The number of hydrogen-bond acceptors (Lipinski definition) is 7. The van der Waals surface area contributed by atoms with Crippen LogP contribution in [0.1, 0.15) is 27.3 Å².